The average molecular weight is 1800 g/mol. The number of aliphatic hydroxyl groups is 1. The first kappa shape index (κ1) is 115. The molecule has 3 aliphatic carbocycles. The van der Waals surface area contributed by atoms with E-state index in [0.717, 1.165) is 42.2 Å². The van der Waals surface area contributed by atoms with Crippen LogP contribution in [-0.4, -0.2) is 95.7 Å². The van der Waals surface area contributed by atoms with E-state index in [-0.39, 0.29) is 62.7 Å². The molecule has 7 nitrogen and oxygen atoms in total. The standard InChI is InChI=1S/2C9H8O.C8H8O.2C7H15N.C5H11N.C2H4O.9C2H6.CHI3.CH3I.CH4.BI.2V/c2*1-6(10)7-2-3-8-5-9(8)4-7;9-5-6-1-2-7-4-8(7)3-6;2*1-2-8-6-4-3-5-7-8;1-2-4-6-5-3-1;1-2-3;9*1-2;2-1(3)4;1-2;;1-2;;/h2*2-4H,5H2,1H3;1-3,9H,4-5H2;2*2-7H2,1H3;6H,1-5H2;2H,1H3;9*1-2H3;1H;1H3;1H4;;;. The number of aldehydes is 1. The Morgan fingerprint density at radius 2 is 0.747 bits per heavy atom. The second-order valence-electron chi connectivity index (χ2n) is 15.2. The van der Waals surface area contributed by atoms with Gasteiger partial charge in [0.2, 0.25) is 0 Å². The van der Waals surface area contributed by atoms with Gasteiger partial charge in [0.15, 0.2) is 17.3 Å². The van der Waals surface area contributed by atoms with Gasteiger partial charge < -0.3 is 25.0 Å². The number of Topliss-reactive ketones (excluding diaryl/α,β-unsaturated/α-hetero) is 2. The number of rotatable bonds is 5. The molecule has 3 heterocycles. The zero-order valence-electron chi connectivity index (χ0n) is 57.1. The molecule has 6 aliphatic rings. The molecule has 0 saturated carbocycles. The summed E-state index contributed by atoms with van der Waals surface area (Å²) in [4.78, 5) is 37.5. The molecule has 83 heavy (non-hydrogen) atoms. The molecule has 3 aliphatic heterocycles. The molecule has 0 unspecified atom stereocenters. The zero-order valence-corrected chi connectivity index (χ0v) is 70.7. The summed E-state index contributed by atoms with van der Waals surface area (Å²) in [5.41, 5.74) is 15.5. The fourth-order valence-corrected chi connectivity index (χ4v) is 6.63. The van der Waals surface area contributed by atoms with E-state index < -0.39 is 0 Å². The van der Waals surface area contributed by atoms with Crippen molar-refractivity contribution >= 4 is 136 Å². The van der Waals surface area contributed by atoms with Crippen molar-refractivity contribution < 1.29 is 56.6 Å². The van der Waals surface area contributed by atoms with E-state index in [4.69, 9.17) is 9.90 Å². The van der Waals surface area contributed by atoms with Crippen molar-refractivity contribution in [2.75, 3.05) is 57.3 Å². The molecule has 3 aromatic rings. The molecule has 3 saturated heterocycles. The number of carbonyl (C=O) groups excluding carboxylic acids is 3. The number of hydrogen-bond donors (Lipinski definition) is 2. The molecular weight excluding hydrogens is 1670 g/mol. The van der Waals surface area contributed by atoms with Gasteiger partial charge in [-0.05, 0) is 187 Å². The number of aliphatic hydroxyl groups excluding tert-OH is 1. The van der Waals surface area contributed by atoms with E-state index in [1.165, 1.54) is 150 Å². The van der Waals surface area contributed by atoms with Gasteiger partial charge in [-0.25, -0.2) is 0 Å². The van der Waals surface area contributed by atoms with Crippen LogP contribution in [0.3, 0.4) is 0 Å². The normalized spacial score (nSPS) is 12.1. The van der Waals surface area contributed by atoms with E-state index in [9.17, 15) is 9.59 Å². The maximum Gasteiger partial charge on any atom is 0.169 e. The second-order valence-corrected chi connectivity index (χ2v) is 26.0. The minimum Gasteiger partial charge on any atom is -0.392 e. The summed E-state index contributed by atoms with van der Waals surface area (Å²) in [6.07, 6.45) is 16.9. The summed E-state index contributed by atoms with van der Waals surface area (Å²) in [7, 11) is 0. The Kier molecular flexibility index (Phi) is 138. The van der Waals surface area contributed by atoms with Gasteiger partial charge in [0.05, 0.1) is 6.61 Å². The van der Waals surface area contributed by atoms with E-state index in [1.807, 2.05) is 172 Å². The van der Waals surface area contributed by atoms with E-state index in [0.29, 0.717) is 0 Å². The molecule has 0 atom stereocenters. The van der Waals surface area contributed by atoms with Crippen molar-refractivity contribution in [3.63, 3.8) is 0 Å². The Bertz CT molecular complexity index is 1570. The Labute approximate surface area is 612 Å². The molecule has 0 amide bonds. The van der Waals surface area contributed by atoms with Gasteiger partial charge in [-0.1, -0.05) is 298 Å². The number of likely N-dealkylation sites (tertiary alicyclic amines) is 2. The van der Waals surface area contributed by atoms with Crippen LogP contribution in [-0.2, 0) is 67.8 Å². The Balaban J connectivity index is -0.0000000590. The van der Waals surface area contributed by atoms with Crippen LogP contribution < -0.4 is 5.32 Å². The molecule has 490 valence electrons. The summed E-state index contributed by atoms with van der Waals surface area (Å²) in [5.74, 6) is 0.324. The number of hydrogen-bond acceptors (Lipinski definition) is 7. The number of ketones is 2. The molecule has 3 aromatic carbocycles. The van der Waals surface area contributed by atoms with Crippen LogP contribution in [0.15, 0.2) is 54.6 Å². The number of fused-ring (bicyclic) bond motifs is 3. The quantitative estimate of drug-likeness (QED) is 0.0584. The van der Waals surface area contributed by atoms with Crippen LogP contribution in [0, 0.1) is 0 Å². The molecule has 2 N–H and O–H groups in total. The van der Waals surface area contributed by atoms with Crippen molar-refractivity contribution in [2.45, 2.75) is 250 Å². The SMILES string of the molecule is C.C1CCNCC1.CC.CC.CC.CC.CC.CC.CC.CC.CC.CC(=O)c1ccc2c(c1)C2.CC(=O)c1ccc2c(c1)C2.CC=O.CCN1CCCCC1.CCN1CCCCC1.CI.IC(I)I.OCc1ccc2c(c1)C2.[B]I.[V].[V]. The number of piperidine rings is 3. The van der Waals surface area contributed by atoms with Crippen molar-refractivity contribution in [3.05, 3.63) is 105 Å². The maximum absolute atomic E-state index is 10.8. The van der Waals surface area contributed by atoms with Gasteiger partial charge in [0.25, 0.3) is 0 Å². The van der Waals surface area contributed by atoms with Gasteiger partial charge in [-0.15, -0.1) is 0 Å². The van der Waals surface area contributed by atoms with Crippen LogP contribution in [0.4, 0.5) is 0 Å². The molecule has 3 fully saturated rings. The Morgan fingerprint density at radius 3 is 0.916 bits per heavy atom. The Morgan fingerprint density at radius 1 is 0.506 bits per heavy atom. The van der Waals surface area contributed by atoms with Crippen LogP contribution in [0.2, 0.25) is 0 Å². The predicted molar refractivity (Wildman–Crippen MR) is 418 cm³/mol. The van der Waals surface area contributed by atoms with Crippen LogP contribution >= 0.6 is 113 Å². The number of benzene rings is 3. The molecule has 0 bridgehead atoms. The minimum absolute atomic E-state index is 0. The number of nitrogens with one attached hydrogen (secondary N) is 1. The summed E-state index contributed by atoms with van der Waals surface area (Å²) < 4.78 is 0.743. The van der Waals surface area contributed by atoms with E-state index >= 15 is 0 Å². The smallest absolute Gasteiger partial charge is 0.169 e. The van der Waals surface area contributed by atoms with Crippen molar-refractivity contribution in [1.82, 2.24) is 15.1 Å². The van der Waals surface area contributed by atoms with Crippen LogP contribution in [0.5, 0.6) is 0 Å². The fourth-order valence-electron chi connectivity index (χ4n) is 6.63. The van der Waals surface area contributed by atoms with Crippen molar-refractivity contribution in [1.29, 1.82) is 0 Å². The summed E-state index contributed by atoms with van der Waals surface area (Å²) in [6.45, 7) is 55.7. The van der Waals surface area contributed by atoms with Crippen molar-refractivity contribution in [2.24, 2.45) is 0 Å². The van der Waals surface area contributed by atoms with Gasteiger partial charge in [0, 0.05) is 48.2 Å². The number of alkyl halides is 4. The monoisotopic (exact) mass is 1800 g/mol. The minimum atomic E-state index is 0. The zero-order chi connectivity index (χ0) is 64.7. The Hall–Kier alpha value is 1.39. The third-order valence-electron chi connectivity index (χ3n) is 10.4. The first-order valence-corrected chi connectivity index (χ1v) is 38.1. The van der Waals surface area contributed by atoms with E-state index in [1.54, 1.807) is 36.2 Å². The third kappa shape index (κ3) is 81.4. The van der Waals surface area contributed by atoms with Gasteiger partial charge in [-0.2, -0.15) is 22.4 Å². The molecule has 0 aromatic heterocycles. The molecule has 4 radical (unpaired) electrons. The number of carbonyl (C=O) groups is 3. The van der Waals surface area contributed by atoms with Gasteiger partial charge in [0.1, 0.15) is 6.22 Å². The van der Waals surface area contributed by atoms with Gasteiger partial charge >= 0.3 is 0 Å². The second kappa shape index (κ2) is 99.6. The van der Waals surface area contributed by atoms with Gasteiger partial charge in [-0.3, -0.25) is 9.59 Å². The van der Waals surface area contributed by atoms with Crippen molar-refractivity contribution in [3.8, 4) is 0 Å². The third-order valence-corrected chi connectivity index (χ3v) is 10.4. The van der Waals surface area contributed by atoms with Crippen LogP contribution in [0.25, 0.3) is 0 Å². The summed E-state index contributed by atoms with van der Waals surface area (Å²) in [5, 5.41) is 12.0. The maximum atomic E-state index is 10.8. The number of nitrogens with zero attached hydrogens (tertiary/aromatic N) is 2. The average Bonchev–Trinajstić information content (AvgIpc) is 4.47. The first-order valence-electron chi connectivity index (χ1n) is 31.0. The predicted octanol–water partition coefficient (Wildman–Crippen LogP) is 22.6. The molecular formula is C68H131BI5N3O4V2. The topological polar surface area (TPSA) is 90.0 Å². The van der Waals surface area contributed by atoms with Crippen LogP contribution in [0.1, 0.15) is 284 Å². The first-order chi connectivity index (χ1) is 38.9. The summed E-state index contributed by atoms with van der Waals surface area (Å²) >= 11 is 10.8. The largest absolute Gasteiger partial charge is 0.392 e. The molecule has 15 heteroatoms. The fraction of sp³-hybridized carbons (Fsp3) is 0.691. The molecule has 0 spiro atoms. The van der Waals surface area contributed by atoms with E-state index in [2.05, 4.69) is 137 Å². The summed E-state index contributed by atoms with van der Waals surface area (Å²) in [6, 6.07) is 18.0. The molecule has 9 rings (SSSR count). The number of halogens is 5.